The molecule has 7 atom stereocenters. The molecule has 2 aromatic heterocycles. The van der Waals surface area contributed by atoms with Crippen LogP contribution in [-0.2, 0) is 23.1 Å². The lowest BCUT2D eigenvalue weighted by molar-refractivity contribution is -0.0241. The van der Waals surface area contributed by atoms with Gasteiger partial charge in [0, 0.05) is 36.4 Å². The summed E-state index contributed by atoms with van der Waals surface area (Å²) in [6, 6.07) is 0. The van der Waals surface area contributed by atoms with E-state index in [0.29, 0.717) is 0 Å². The molecule has 17 nitrogen and oxygen atoms in total. The lowest BCUT2D eigenvalue weighted by atomic mass is 10.1. The van der Waals surface area contributed by atoms with Gasteiger partial charge < -0.3 is 33.8 Å². The number of ether oxygens (including phenoxy) is 2. The maximum absolute atomic E-state index is 13.1. The SMILES string of the molecule is Cc1cn([C@H]2C[C@H](OP(=O)(O)CC[C@H]3O[C@@H](n4cc(C)c(=O)[nH]c4=O)C[C@@H]3O)[C@@H](CCP(=O)(O)O)O2)c(=O)[nH]c1=O. The van der Waals surface area contributed by atoms with Crippen molar-refractivity contribution < 1.29 is 42.9 Å². The van der Waals surface area contributed by atoms with Crippen LogP contribution in [0.1, 0.15) is 49.3 Å². The Kier molecular flexibility index (Phi) is 9.24. The Hall–Kier alpha value is -2.46. The summed E-state index contributed by atoms with van der Waals surface area (Å²) < 4.78 is 43.7. The van der Waals surface area contributed by atoms with E-state index in [1.165, 1.54) is 26.2 Å². The van der Waals surface area contributed by atoms with Crippen LogP contribution in [0, 0.1) is 13.8 Å². The Bertz CT molecular complexity index is 1610. The van der Waals surface area contributed by atoms with Gasteiger partial charge in [-0.25, -0.2) is 9.59 Å². The van der Waals surface area contributed by atoms with E-state index >= 15 is 0 Å². The van der Waals surface area contributed by atoms with E-state index in [9.17, 15) is 48.1 Å². The smallest absolute Gasteiger partial charge is 0.330 e. The number of nitrogens with one attached hydrogen (secondary N) is 2. The quantitative estimate of drug-likeness (QED) is 0.177. The number of rotatable bonds is 10. The van der Waals surface area contributed by atoms with Gasteiger partial charge in [0.15, 0.2) is 0 Å². The van der Waals surface area contributed by atoms with E-state index in [0.717, 1.165) is 9.13 Å². The van der Waals surface area contributed by atoms with E-state index in [1.807, 2.05) is 0 Å². The molecule has 19 heteroatoms. The summed E-state index contributed by atoms with van der Waals surface area (Å²) in [5.74, 6) is 0. The van der Waals surface area contributed by atoms with Crippen molar-refractivity contribution in [1.29, 1.82) is 0 Å². The Morgan fingerprint density at radius 1 is 0.854 bits per heavy atom. The molecule has 0 aliphatic carbocycles. The number of aliphatic hydroxyl groups is 1. The second kappa shape index (κ2) is 12.0. The molecule has 6 N–H and O–H groups in total. The minimum Gasteiger partial charge on any atom is -0.390 e. The van der Waals surface area contributed by atoms with Crippen LogP contribution >= 0.6 is 15.2 Å². The van der Waals surface area contributed by atoms with Crippen LogP contribution in [0.5, 0.6) is 0 Å². The number of H-pyrrole nitrogens is 2. The first-order chi connectivity index (χ1) is 19.0. The molecule has 0 bridgehead atoms. The first kappa shape index (κ1) is 31.5. The van der Waals surface area contributed by atoms with Crippen LogP contribution in [0.3, 0.4) is 0 Å². The summed E-state index contributed by atoms with van der Waals surface area (Å²) in [5, 5.41) is 10.5. The van der Waals surface area contributed by atoms with E-state index in [2.05, 4.69) is 9.97 Å². The Morgan fingerprint density at radius 3 is 1.88 bits per heavy atom. The Labute approximate surface area is 231 Å². The first-order valence-electron chi connectivity index (χ1n) is 12.7. The van der Waals surface area contributed by atoms with Crippen molar-refractivity contribution in [2.45, 2.75) is 76.4 Å². The Balaban J connectivity index is 1.44. The summed E-state index contributed by atoms with van der Waals surface area (Å²) in [5.41, 5.74) is -2.24. The average molecular weight is 622 g/mol. The zero-order chi connectivity index (χ0) is 30.3. The summed E-state index contributed by atoms with van der Waals surface area (Å²) in [4.78, 5) is 81.4. The van der Waals surface area contributed by atoms with Gasteiger partial charge >= 0.3 is 26.6 Å². The molecule has 4 rings (SSSR count). The molecule has 0 radical (unpaired) electrons. The molecular weight excluding hydrogens is 590 g/mol. The molecule has 0 amide bonds. The van der Waals surface area contributed by atoms with Gasteiger partial charge in [0.05, 0.1) is 36.7 Å². The molecular formula is C22H32N4O13P2. The number of aromatic nitrogens is 4. The first-order valence-corrected chi connectivity index (χ1v) is 16.3. The van der Waals surface area contributed by atoms with Gasteiger partial charge in [0.25, 0.3) is 11.1 Å². The molecule has 228 valence electrons. The highest BCUT2D eigenvalue weighted by Crippen LogP contribution is 2.50. The lowest BCUT2D eigenvalue weighted by Crippen LogP contribution is -2.33. The highest BCUT2D eigenvalue weighted by Gasteiger charge is 2.43. The fourth-order valence-corrected chi connectivity index (χ4v) is 6.76. The Morgan fingerprint density at radius 2 is 1.34 bits per heavy atom. The maximum atomic E-state index is 13.1. The number of aliphatic hydroxyl groups excluding tert-OH is 1. The molecule has 0 aromatic carbocycles. The lowest BCUT2D eigenvalue weighted by Gasteiger charge is -2.23. The molecule has 2 fully saturated rings. The third kappa shape index (κ3) is 7.69. The van der Waals surface area contributed by atoms with Gasteiger partial charge in [-0.2, -0.15) is 0 Å². The van der Waals surface area contributed by atoms with Crippen molar-refractivity contribution in [3.05, 3.63) is 65.2 Å². The van der Waals surface area contributed by atoms with Gasteiger partial charge in [0.2, 0.25) is 0 Å². The van der Waals surface area contributed by atoms with Gasteiger partial charge in [-0.3, -0.25) is 37.8 Å². The van der Waals surface area contributed by atoms with Crippen molar-refractivity contribution in [2.24, 2.45) is 0 Å². The fraction of sp³-hybridized carbons (Fsp3) is 0.636. The largest absolute Gasteiger partial charge is 0.390 e. The predicted octanol–water partition coefficient (Wildman–Crippen LogP) is -0.832. The van der Waals surface area contributed by atoms with Crippen LogP contribution in [0.25, 0.3) is 0 Å². The number of nitrogens with zero attached hydrogens (tertiary/aromatic N) is 2. The van der Waals surface area contributed by atoms with Crippen LogP contribution < -0.4 is 22.5 Å². The fourth-order valence-electron chi connectivity index (χ4n) is 4.84. The molecule has 0 saturated carbocycles. The molecule has 0 spiro atoms. The van der Waals surface area contributed by atoms with Crippen molar-refractivity contribution in [2.75, 3.05) is 12.3 Å². The van der Waals surface area contributed by atoms with Crippen molar-refractivity contribution in [3.8, 4) is 0 Å². The van der Waals surface area contributed by atoms with E-state index < -0.39 is 86.9 Å². The summed E-state index contributed by atoms with van der Waals surface area (Å²) in [7, 11) is -8.87. The number of aryl methyl sites for hydroxylation is 2. The average Bonchev–Trinajstić information content (AvgIpc) is 3.43. The molecule has 2 aliphatic rings. The second-order valence-corrected chi connectivity index (χ2v) is 13.9. The van der Waals surface area contributed by atoms with Crippen LogP contribution in [-0.4, -0.2) is 75.6 Å². The highest BCUT2D eigenvalue weighted by molar-refractivity contribution is 7.52. The van der Waals surface area contributed by atoms with Gasteiger partial charge in [-0.15, -0.1) is 0 Å². The van der Waals surface area contributed by atoms with E-state index in [-0.39, 0.29) is 36.8 Å². The highest BCUT2D eigenvalue weighted by atomic mass is 31.2. The van der Waals surface area contributed by atoms with Crippen LogP contribution in [0.2, 0.25) is 0 Å². The van der Waals surface area contributed by atoms with Crippen molar-refractivity contribution in [3.63, 3.8) is 0 Å². The van der Waals surface area contributed by atoms with Crippen molar-refractivity contribution >= 4 is 15.2 Å². The third-order valence-electron chi connectivity index (χ3n) is 7.00. The second-order valence-electron chi connectivity index (χ2n) is 10.2. The maximum Gasteiger partial charge on any atom is 0.330 e. The minimum atomic E-state index is -4.46. The molecule has 4 heterocycles. The van der Waals surface area contributed by atoms with Crippen molar-refractivity contribution in [1.82, 2.24) is 19.1 Å². The third-order valence-corrected chi connectivity index (χ3v) is 9.26. The molecule has 1 unspecified atom stereocenters. The van der Waals surface area contributed by atoms with E-state index in [1.54, 1.807) is 0 Å². The number of hydrogen-bond donors (Lipinski definition) is 6. The predicted molar refractivity (Wildman–Crippen MR) is 141 cm³/mol. The zero-order valence-corrected chi connectivity index (χ0v) is 23.9. The normalized spacial score (nSPS) is 28.1. The van der Waals surface area contributed by atoms with Gasteiger partial charge in [0.1, 0.15) is 12.5 Å². The molecule has 2 aromatic rings. The summed E-state index contributed by atoms with van der Waals surface area (Å²) in [6.07, 6.45) is -5.31. The molecule has 41 heavy (non-hydrogen) atoms. The summed E-state index contributed by atoms with van der Waals surface area (Å²) in [6.45, 7) is 2.96. The van der Waals surface area contributed by atoms with E-state index in [4.69, 9.17) is 14.0 Å². The van der Waals surface area contributed by atoms with Gasteiger partial charge in [-0.1, -0.05) is 0 Å². The van der Waals surface area contributed by atoms with Gasteiger partial charge in [-0.05, 0) is 26.7 Å². The molecule has 2 aliphatic heterocycles. The monoisotopic (exact) mass is 622 g/mol. The summed E-state index contributed by atoms with van der Waals surface area (Å²) >= 11 is 0. The number of aromatic amines is 2. The standard InChI is InChI=1S/C22H32N4O13P2/c1-11-9-25(21(30)23-19(11)28)17-7-13(27)14(37-17)4-6-41(35,36)39-16-8-18(38-15(16)3-5-40(32,33)34)26-10-12(2)20(29)24-22(26)31/h9-10,13-18,27H,3-8H2,1-2H3,(H,35,36)(H,23,28,30)(H,24,29,31)(H2,32,33,34)/t13-,14+,15+,16-,17+,18+/m0/s1. The minimum absolute atomic E-state index is 0.0113. The number of hydrogen-bond acceptors (Lipinski definition) is 10. The topological polar surface area (TPSA) is 252 Å². The van der Waals surface area contributed by atoms with Crippen LogP contribution in [0.15, 0.2) is 31.6 Å². The zero-order valence-electron chi connectivity index (χ0n) is 22.1. The van der Waals surface area contributed by atoms with Crippen LogP contribution in [0.4, 0.5) is 0 Å². The molecule has 2 saturated heterocycles.